The highest BCUT2D eigenvalue weighted by Gasteiger charge is 2.02. The largest absolute Gasteiger partial charge is 0.315 e. The fourth-order valence-electron chi connectivity index (χ4n) is 1.15. The van der Waals surface area contributed by atoms with E-state index in [0.717, 1.165) is 23.4 Å². The van der Waals surface area contributed by atoms with Crippen LogP contribution in [-0.2, 0) is 6.42 Å². The molecule has 1 atom stereocenters. The number of benzene rings is 1. The molecule has 13 heavy (non-hydrogen) atoms. The van der Waals surface area contributed by atoms with Gasteiger partial charge >= 0.3 is 0 Å². The van der Waals surface area contributed by atoms with Crippen LogP contribution in [0, 0.1) is 6.92 Å². The summed E-state index contributed by atoms with van der Waals surface area (Å²) in [5.41, 5.74) is 7.45. The molecule has 1 unspecified atom stereocenters. The number of halogens is 2. The van der Waals surface area contributed by atoms with E-state index in [1.54, 1.807) is 0 Å². The molecule has 0 saturated carbocycles. The number of alkyl halides is 1. The Hall–Kier alpha value is -0.240. The van der Waals surface area contributed by atoms with Crippen molar-refractivity contribution in [3.05, 3.63) is 34.3 Å². The Labute approximate surface area is 88.8 Å². The summed E-state index contributed by atoms with van der Waals surface area (Å²) in [6.45, 7) is 2.02. The summed E-state index contributed by atoms with van der Waals surface area (Å²) in [5.74, 6) is 0. The van der Waals surface area contributed by atoms with E-state index in [2.05, 4.69) is 0 Å². The lowest BCUT2D eigenvalue weighted by Crippen LogP contribution is -2.12. The Bertz CT molecular complexity index is 284. The predicted octanol–water partition coefficient (Wildman–Crippen LogP) is 3.10. The average Bonchev–Trinajstić information content (AvgIpc) is 2.02. The van der Waals surface area contributed by atoms with Crippen LogP contribution in [0.1, 0.15) is 17.5 Å². The molecular formula is C10H13Cl2N. The van der Waals surface area contributed by atoms with Gasteiger partial charge in [0.15, 0.2) is 0 Å². The van der Waals surface area contributed by atoms with Crippen molar-refractivity contribution in [1.82, 2.24) is 0 Å². The van der Waals surface area contributed by atoms with Crippen LogP contribution in [-0.4, -0.2) is 5.50 Å². The van der Waals surface area contributed by atoms with Crippen LogP contribution in [0.25, 0.3) is 0 Å². The highest BCUT2D eigenvalue weighted by Crippen LogP contribution is 2.19. The Balaban J connectivity index is 2.67. The summed E-state index contributed by atoms with van der Waals surface area (Å²) >= 11 is 11.7. The van der Waals surface area contributed by atoms with E-state index in [1.165, 1.54) is 5.56 Å². The Morgan fingerprint density at radius 2 is 2.15 bits per heavy atom. The minimum absolute atomic E-state index is 0.280. The zero-order valence-corrected chi connectivity index (χ0v) is 9.07. The third kappa shape index (κ3) is 3.55. The lowest BCUT2D eigenvalue weighted by molar-refractivity contribution is 0.777. The molecule has 1 nitrogen and oxygen atoms in total. The first-order valence-corrected chi connectivity index (χ1v) is 5.05. The van der Waals surface area contributed by atoms with Gasteiger partial charge in [0, 0.05) is 5.02 Å². The minimum Gasteiger partial charge on any atom is -0.315 e. The van der Waals surface area contributed by atoms with Crippen LogP contribution in [0.4, 0.5) is 0 Å². The highest BCUT2D eigenvalue weighted by molar-refractivity contribution is 6.31. The summed E-state index contributed by atoms with van der Waals surface area (Å²) in [5, 5.41) is 0.803. The van der Waals surface area contributed by atoms with Crippen molar-refractivity contribution in [2.75, 3.05) is 0 Å². The maximum atomic E-state index is 6.03. The third-order valence-electron chi connectivity index (χ3n) is 1.90. The Morgan fingerprint density at radius 3 is 2.69 bits per heavy atom. The van der Waals surface area contributed by atoms with Gasteiger partial charge < -0.3 is 5.73 Å². The summed E-state index contributed by atoms with van der Waals surface area (Å²) < 4.78 is 0. The van der Waals surface area contributed by atoms with Crippen molar-refractivity contribution >= 4 is 23.2 Å². The lowest BCUT2D eigenvalue weighted by Gasteiger charge is -2.06. The first-order valence-electron chi connectivity index (χ1n) is 4.24. The van der Waals surface area contributed by atoms with E-state index in [1.807, 2.05) is 25.1 Å². The molecule has 0 aliphatic carbocycles. The summed E-state index contributed by atoms with van der Waals surface area (Å²) in [6, 6.07) is 6.02. The van der Waals surface area contributed by atoms with Crippen LogP contribution in [0.2, 0.25) is 5.02 Å². The van der Waals surface area contributed by atoms with Gasteiger partial charge in [-0.1, -0.05) is 23.7 Å². The van der Waals surface area contributed by atoms with Gasteiger partial charge in [-0.3, -0.25) is 0 Å². The van der Waals surface area contributed by atoms with Gasteiger partial charge in [0.05, 0.1) is 5.50 Å². The molecule has 1 aromatic rings. The van der Waals surface area contributed by atoms with E-state index in [9.17, 15) is 0 Å². The molecule has 0 saturated heterocycles. The molecular weight excluding hydrogens is 205 g/mol. The number of aryl methyl sites for hydroxylation is 2. The van der Waals surface area contributed by atoms with Crippen molar-refractivity contribution < 1.29 is 0 Å². The van der Waals surface area contributed by atoms with Crippen LogP contribution in [0.3, 0.4) is 0 Å². The molecule has 0 fully saturated rings. The SMILES string of the molecule is Cc1ccc(CCC(N)Cl)c(Cl)c1. The lowest BCUT2D eigenvalue weighted by atomic mass is 10.1. The molecule has 0 radical (unpaired) electrons. The second-order valence-electron chi connectivity index (χ2n) is 3.15. The van der Waals surface area contributed by atoms with Crippen molar-refractivity contribution in [2.45, 2.75) is 25.3 Å². The maximum absolute atomic E-state index is 6.03. The van der Waals surface area contributed by atoms with Gasteiger partial charge in [-0.15, -0.1) is 11.6 Å². The molecule has 0 amide bonds. The number of hydrogen-bond donors (Lipinski definition) is 1. The van der Waals surface area contributed by atoms with E-state index >= 15 is 0 Å². The fraction of sp³-hybridized carbons (Fsp3) is 0.400. The third-order valence-corrected chi connectivity index (χ3v) is 2.47. The van der Waals surface area contributed by atoms with Crippen molar-refractivity contribution in [3.63, 3.8) is 0 Å². The average molecular weight is 218 g/mol. The molecule has 72 valence electrons. The normalized spacial score (nSPS) is 12.9. The van der Waals surface area contributed by atoms with Gasteiger partial charge in [-0.05, 0) is 37.0 Å². The summed E-state index contributed by atoms with van der Waals surface area (Å²) in [4.78, 5) is 0. The molecule has 1 rings (SSSR count). The van der Waals surface area contributed by atoms with Crippen LogP contribution >= 0.6 is 23.2 Å². The Kier molecular flexibility index (Phi) is 4.04. The van der Waals surface area contributed by atoms with Gasteiger partial charge in [0.2, 0.25) is 0 Å². The van der Waals surface area contributed by atoms with Crippen LogP contribution in [0.15, 0.2) is 18.2 Å². The van der Waals surface area contributed by atoms with E-state index < -0.39 is 0 Å². The van der Waals surface area contributed by atoms with E-state index in [-0.39, 0.29) is 5.50 Å². The first-order chi connectivity index (χ1) is 6.09. The van der Waals surface area contributed by atoms with Gasteiger partial charge in [0.25, 0.3) is 0 Å². The summed E-state index contributed by atoms with van der Waals surface area (Å²) in [7, 11) is 0. The number of hydrogen-bond acceptors (Lipinski definition) is 1. The molecule has 0 heterocycles. The smallest absolute Gasteiger partial charge is 0.0803 e. The first kappa shape index (κ1) is 10.8. The van der Waals surface area contributed by atoms with Crippen LogP contribution < -0.4 is 5.73 Å². The van der Waals surface area contributed by atoms with E-state index in [0.29, 0.717) is 0 Å². The van der Waals surface area contributed by atoms with E-state index in [4.69, 9.17) is 28.9 Å². The number of rotatable bonds is 3. The fourth-order valence-corrected chi connectivity index (χ4v) is 1.59. The van der Waals surface area contributed by atoms with Crippen molar-refractivity contribution in [3.8, 4) is 0 Å². The molecule has 2 N–H and O–H groups in total. The maximum Gasteiger partial charge on any atom is 0.0803 e. The zero-order valence-electron chi connectivity index (χ0n) is 7.56. The molecule has 3 heteroatoms. The highest BCUT2D eigenvalue weighted by atomic mass is 35.5. The molecule has 0 aromatic heterocycles. The second-order valence-corrected chi connectivity index (χ2v) is 4.12. The zero-order chi connectivity index (χ0) is 9.84. The van der Waals surface area contributed by atoms with Gasteiger partial charge in [-0.2, -0.15) is 0 Å². The molecule has 0 aliphatic heterocycles. The van der Waals surface area contributed by atoms with Gasteiger partial charge in [0.1, 0.15) is 0 Å². The van der Waals surface area contributed by atoms with Crippen LogP contribution in [0.5, 0.6) is 0 Å². The molecule has 0 aliphatic rings. The molecule has 1 aromatic carbocycles. The Morgan fingerprint density at radius 1 is 1.46 bits per heavy atom. The number of nitrogens with two attached hydrogens (primary N) is 1. The molecule has 0 bridgehead atoms. The standard InChI is InChI=1S/C10H13Cl2N/c1-7-2-3-8(9(11)6-7)4-5-10(12)13/h2-3,6,10H,4-5,13H2,1H3. The quantitative estimate of drug-likeness (QED) is 0.612. The predicted molar refractivity (Wildman–Crippen MR) is 58.3 cm³/mol. The molecule has 0 spiro atoms. The topological polar surface area (TPSA) is 26.0 Å². The van der Waals surface area contributed by atoms with Crippen molar-refractivity contribution in [1.29, 1.82) is 0 Å². The minimum atomic E-state index is -0.280. The van der Waals surface area contributed by atoms with Crippen molar-refractivity contribution in [2.24, 2.45) is 5.73 Å². The monoisotopic (exact) mass is 217 g/mol. The second kappa shape index (κ2) is 4.85. The van der Waals surface area contributed by atoms with Gasteiger partial charge in [-0.25, -0.2) is 0 Å². The summed E-state index contributed by atoms with van der Waals surface area (Å²) in [6.07, 6.45) is 1.59.